The van der Waals surface area contributed by atoms with Crippen LogP contribution in [0.2, 0.25) is 0 Å². The molecule has 0 radical (unpaired) electrons. The number of rotatable bonds is 8. The summed E-state index contributed by atoms with van der Waals surface area (Å²) in [6.07, 6.45) is 10.3. The first-order valence-electron chi connectivity index (χ1n) is 12.7. The average Bonchev–Trinajstić information content (AvgIpc) is 2.88. The summed E-state index contributed by atoms with van der Waals surface area (Å²) in [5.74, 6) is -1.26. The van der Waals surface area contributed by atoms with E-state index in [1.165, 1.54) is 12.1 Å². The number of halogens is 3. The third-order valence-electron chi connectivity index (χ3n) is 7.01. The Hall–Kier alpha value is -3.01. The van der Waals surface area contributed by atoms with Crippen LogP contribution in [0.15, 0.2) is 66.7 Å². The van der Waals surface area contributed by atoms with Crippen LogP contribution < -0.4 is 4.74 Å². The fourth-order valence-electron chi connectivity index (χ4n) is 4.97. The van der Waals surface area contributed by atoms with Gasteiger partial charge in [0.05, 0.1) is 6.61 Å². The van der Waals surface area contributed by atoms with Gasteiger partial charge in [-0.25, -0.2) is 8.78 Å². The van der Waals surface area contributed by atoms with E-state index in [0.717, 1.165) is 55.2 Å². The molecular weight excluding hydrogens is 445 g/mol. The van der Waals surface area contributed by atoms with E-state index >= 15 is 4.39 Å². The molecule has 1 saturated carbocycles. The zero-order chi connectivity index (χ0) is 24.8. The van der Waals surface area contributed by atoms with E-state index in [1.54, 1.807) is 18.2 Å². The smallest absolute Gasteiger partial charge is 0.201 e. The Balaban J connectivity index is 1.48. The fourth-order valence-corrected chi connectivity index (χ4v) is 4.97. The molecule has 1 fully saturated rings. The number of allylic oxidation sites excluding steroid dienone is 2. The zero-order valence-corrected chi connectivity index (χ0v) is 20.5. The monoisotopic (exact) mass is 478 g/mol. The van der Waals surface area contributed by atoms with Crippen molar-refractivity contribution in [1.29, 1.82) is 0 Å². The van der Waals surface area contributed by atoms with Crippen molar-refractivity contribution < 1.29 is 17.9 Å². The first-order valence-corrected chi connectivity index (χ1v) is 12.7. The quantitative estimate of drug-likeness (QED) is 0.231. The minimum atomic E-state index is -0.972. The molecule has 0 aliphatic heterocycles. The minimum absolute atomic E-state index is 0.0674. The van der Waals surface area contributed by atoms with Crippen LogP contribution in [0.25, 0.3) is 22.3 Å². The number of ether oxygens (including phenoxy) is 1. The number of hydrogen-bond donors (Lipinski definition) is 0. The Kier molecular flexibility index (Phi) is 8.33. The number of unbranched alkanes of at least 4 members (excludes halogenated alkanes) is 1. The topological polar surface area (TPSA) is 9.23 Å². The van der Waals surface area contributed by atoms with Gasteiger partial charge >= 0.3 is 0 Å². The molecule has 3 aromatic rings. The molecule has 35 heavy (non-hydrogen) atoms. The molecule has 0 amide bonds. The molecule has 4 rings (SSSR count). The minimum Gasteiger partial charge on any atom is -0.490 e. The molecule has 0 saturated heterocycles. The second-order valence-electron chi connectivity index (χ2n) is 9.39. The highest BCUT2D eigenvalue weighted by molar-refractivity contribution is 5.71. The van der Waals surface area contributed by atoms with E-state index in [-0.39, 0.29) is 23.0 Å². The van der Waals surface area contributed by atoms with E-state index < -0.39 is 11.6 Å². The van der Waals surface area contributed by atoms with Gasteiger partial charge in [0.1, 0.15) is 5.82 Å². The van der Waals surface area contributed by atoms with Gasteiger partial charge in [-0.1, -0.05) is 61.9 Å². The Morgan fingerprint density at radius 3 is 2.17 bits per heavy atom. The Morgan fingerprint density at radius 2 is 1.51 bits per heavy atom. The first-order chi connectivity index (χ1) is 17.0. The maximum Gasteiger partial charge on any atom is 0.201 e. The molecule has 1 nitrogen and oxygen atoms in total. The van der Waals surface area contributed by atoms with Crippen LogP contribution in [0, 0.1) is 23.4 Å². The number of hydrogen-bond acceptors (Lipinski definition) is 1. The molecule has 0 bridgehead atoms. The van der Waals surface area contributed by atoms with Crippen LogP contribution in [-0.4, -0.2) is 6.61 Å². The molecular formula is C31H33F3O. The van der Waals surface area contributed by atoms with Crippen molar-refractivity contribution in [3.05, 3.63) is 89.8 Å². The van der Waals surface area contributed by atoms with Crippen molar-refractivity contribution in [3.8, 4) is 28.0 Å². The van der Waals surface area contributed by atoms with Crippen molar-refractivity contribution in [2.45, 2.75) is 58.3 Å². The van der Waals surface area contributed by atoms with Crippen molar-refractivity contribution >= 4 is 0 Å². The summed E-state index contributed by atoms with van der Waals surface area (Å²) in [6.45, 7) is 4.41. The summed E-state index contributed by atoms with van der Waals surface area (Å²) >= 11 is 0. The van der Waals surface area contributed by atoms with Gasteiger partial charge in [0.15, 0.2) is 11.6 Å². The van der Waals surface area contributed by atoms with Gasteiger partial charge in [-0.05, 0) is 91.3 Å². The van der Waals surface area contributed by atoms with Crippen LogP contribution in [0.3, 0.4) is 0 Å². The van der Waals surface area contributed by atoms with Crippen LogP contribution >= 0.6 is 0 Å². The van der Waals surface area contributed by atoms with E-state index in [1.807, 2.05) is 38.1 Å². The normalized spacial score (nSPS) is 18.2. The third kappa shape index (κ3) is 5.80. The highest BCUT2D eigenvalue weighted by Crippen LogP contribution is 2.38. The lowest BCUT2D eigenvalue weighted by atomic mass is 9.78. The summed E-state index contributed by atoms with van der Waals surface area (Å²) in [4.78, 5) is 0. The summed E-state index contributed by atoms with van der Waals surface area (Å²) in [5, 5.41) is 0. The summed E-state index contributed by atoms with van der Waals surface area (Å²) in [5.41, 5.74) is 3.12. The van der Waals surface area contributed by atoms with E-state index in [9.17, 15) is 8.78 Å². The molecule has 1 aliphatic rings. The molecule has 184 valence electrons. The van der Waals surface area contributed by atoms with Crippen molar-refractivity contribution in [2.24, 2.45) is 5.92 Å². The Bertz CT molecular complexity index is 1160. The summed E-state index contributed by atoms with van der Waals surface area (Å²) in [6, 6.07) is 15.6. The van der Waals surface area contributed by atoms with Gasteiger partial charge in [0.2, 0.25) is 5.82 Å². The SMILES string of the molecule is C/C=C/C1CCC(c2ccc(-c3ccc(-c4ccc(OCCCC)c(F)c4F)cc3)cc2F)CC1. The molecule has 0 spiro atoms. The second-order valence-corrected chi connectivity index (χ2v) is 9.39. The van der Waals surface area contributed by atoms with E-state index in [2.05, 4.69) is 12.2 Å². The highest BCUT2D eigenvalue weighted by Gasteiger charge is 2.23. The molecule has 0 N–H and O–H groups in total. The van der Waals surface area contributed by atoms with Gasteiger partial charge in [-0.3, -0.25) is 0 Å². The fraction of sp³-hybridized carbons (Fsp3) is 0.355. The molecule has 1 aliphatic carbocycles. The standard InChI is InChI=1S/C31H33F3O/c1-3-5-19-35-29-18-17-27(30(33)31(29)34)24-13-11-22(12-14-24)25-15-16-26(28(32)20-25)23-9-7-21(6-4-2)8-10-23/h4,6,11-18,20-21,23H,3,5,7-10,19H2,1-2H3/b6-4+. The van der Waals surface area contributed by atoms with Crippen LogP contribution in [0.1, 0.15) is 63.9 Å². The Morgan fingerprint density at radius 1 is 0.829 bits per heavy atom. The lowest BCUT2D eigenvalue weighted by Gasteiger charge is -2.27. The van der Waals surface area contributed by atoms with Crippen LogP contribution in [0.5, 0.6) is 5.75 Å². The maximum absolute atomic E-state index is 15.0. The lowest BCUT2D eigenvalue weighted by Crippen LogP contribution is -2.12. The van der Waals surface area contributed by atoms with E-state index in [0.29, 0.717) is 18.1 Å². The van der Waals surface area contributed by atoms with Crippen molar-refractivity contribution in [2.75, 3.05) is 6.61 Å². The van der Waals surface area contributed by atoms with Crippen molar-refractivity contribution in [3.63, 3.8) is 0 Å². The Labute approximate surface area is 206 Å². The predicted octanol–water partition coefficient (Wildman–Crippen LogP) is 9.47. The van der Waals surface area contributed by atoms with E-state index in [4.69, 9.17) is 4.74 Å². The zero-order valence-electron chi connectivity index (χ0n) is 20.5. The molecule has 0 unspecified atom stereocenters. The van der Waals surface area contributed by atoms with Gasteiger partial charge in [-0.2, -0.15) is 4.39 Å². The molecule has 0 atom stereocenters. The largest absolute Gasteiger partial charge is 0.490 e. The lowest BCUT2D eigenvalue weighted by molar-refractivity contribution is 0.289. The third-order valence-corrected chi connectivity index (χ3v) is 7.01. The predicted molar refractivity (Wildman–Crippen MR) is 137 cm³/mol. The summed E-state index contributed by atoms with van der Waals surface area (Å²) < 4.78 is 49.6. The van der Waals surface area contributed by atoms with Crippen LogP contribution in [0.4, 0.5) is 13.2 Å². The van der Waals surface area contributed by atoms with Gasteiger partial charge in [0, 0.05) is 5.56 Å². The van der Waals surface area contributed by atoms with Crippen molar-refractivity contribution in [1.82, 2.24) is 0 Å². The van der Waals surface area contributed by atoms with Gasteiger partial charge in [-0.15, -0.1) is 0 Å². The van der Waals surface area contributed by atoms with Crippen LogP contribution in [-0.2, 0) is 0 Å². The first kappa shape index (κ1) is 25.1. The summed E-state index contributed by atoms with van der Waals surface area (Å²) in [7, 11) is 0. The second kappa shape index (κ2) is 11.6. The molecule has 0 aromatic heterocycles. The van der Waals surface area contributed by atoms with Gasteiger partial charge in [0.25, 0.3) is 0 Å². The average molecular weight is 479 g/mol. The maximum atomic E-state index is 15.0. The molecule has 4 heteroatoms. The number of benzene rings is 3. The molecule has 0 heterocycles. The highest BCUT2D eigenvalue weighted by atomic mass is 19.2. The molecule has 3 aromatic carbocycles. The van der Waals surface area contributed by atoms with Gasteiger partial charge < -0.3 is 4.74 Å².